The van der Waals surface area contributed by atoms with Crippen molar-refractivity contribution in [2.24, 2.45) is 0 Å². The molecule has 0 N–H and O–H groups in total. The van der Waals surface area contributed by atoms with Gasteiger partial charge < -0.3 is 0 Å². The molecule has 21 heavy (non-hydrogen) atoms. The lowest BCUT2D eigenvalue weighted by molar-refractivity contribution is 1.07. The van der Waals surface area contributed by atoms with Crippen LogP contribution in [0.2, 0.25) is 5.15 Å². The number of nitrogens with zero attached hydrogens (tertiary/aromatic N) is 2. The first-order chi connectivity index (χ1) is 10.1. The van der Waals surface area contributed by atoms with E-state index in [4.69, 9.17) is 11.6 Å². The molecule has 0 atom stereocenters. The zero-order chi connectivity index (χ0) is 15.0. The molecule has 5 heteroatoms. The molecule has 2 aromatic heterocycles. The Morgan fingerprint density at radius 1 is 1.14 bits per heavy atom. The first-order valence-corrected chi connectivity index (χ1v) is 8.85. The van der Waals surface area contributed by atoms with Crippen LogP contribution in [0.4, 0.5) is 0 Å². The van der Waals surface area contributed by atoms with Crippen LogP contribution in [-0.4, -0.2) is 9.97 Å². The Labute approximate surface area is 137 Å². The largest absolute Gasteiger partial charge is 0.221 e. The smallest absolute Gasteiger partial charge is 0.142 e. The van der Waals surface area contributed by atoms with E-state index in [0.717, 1.165) is 21.8 Å². The van der Waals surface area contributed by atoms with E-state index in [2.05, 4.69) is 55.0 Å². The second kappa shape index (κ2) is 5.95. The zero-order valence-corrected chi connectivity index (χ0v) is 14.5. The summed E-state index contributed by atoms with van der Waals surface area (Å²) in [6, 6.07) is 8.35. The monoisotopic (exact) mass is 334 g/mol. The van der Waals surface area contributed by atoms with Crippen molar-refractivity contribution >= 4 is 44.9 Å². The maximum atomic E-state index is 6.34. The molecule has 108 valence electrons. The van der Waals surface area contributed by atoms with E-state index in [1.165, 1.54) is 20.9 Å². The van der Waals surface area contributed by atoms with Gasteiger partial charge in [-0.25, -0.2) is 9.97 Å². The Morgan fingerprint density at radius 2 is 1.90 bits per heavy atom. The third-order valence-corrected chi connectivity index (χ3v) is 6.03. The number of hydrogen-bond donors (Lipinski definition) is 0. The van der Waals surface area contributed by atoms with E-state index in [1.54, 1.807) is 23.1 Å². The lowest BCUT2D eigenvalue weighted by atomic mass is 10.2. The minimum absolute atomic E-state index is 0.572. The summed E-state index contributed by atoms with van der Waals surface area (Å²) in [6.07, 6.45) is 0. The Bertz CT molecular complexity index is 811. The average Bonchev–Trinajstić information content (AvgIpc) is 2.73. The standard InChI is InChI=1S/C16H15ClN2S2/c1-9-6-4-5-7-12(9)20-8-13-18-15(17)14-10(2)11(3)21-16(14)19-13/h4-7H,8H2,1-3H3. The van der Waals surface area contributed by atoms with Crippen LogP contribution < -0.4 is 0 Å². The highest BCUT2D eigenvalue weighted by Gasteiger charge is 2.13. The van der Waals surface area contributed by atoms with Gasteiger partial charge in [0.05, 0.1) is 11.1 Å². The van der Waals surface area contributed by atoms with Gasteiger partial charge in [0.2, 0.25) is 0 Å². The van der Waals surface area contributed by atoms with Crippen LogP contribution in [0.3, 0.4) is 0 Å². The number of fused-ring (bicyclic) bond motifs is 1. The van der Waals surface area contributed by atoms with Crippen molar-refractivity contribution in [1.29, 1.82) is 0 Å². The van der Waals surface area contributed by atoms with Gasteiger partial charge in [-0.15, -0.1) is 23.1 Å². The van der Waals surface area contributed by atoms with Gasteiger partial charge in [0.15, 0.2) is 0 Å². The van der Waals surface area contributed by atoms with Crippen LogP contribution in [0.1, 0.15) is 21.8 Å². The predicted molar refractivity (Wildman–Crippen MR) is 92.6 cm³/mol. The molecule has 3 aromatic rings. The molecule has 2 nitrogen and oxygen atoms in total. The third kappa shape index (κ3) is 2.93. The highest BCUT2D eigenvalue weighted by molar-refractivity contribution is 7.98. The molecule has 1 aromatic carbocycles. The van der Waals surface area contributed by atoms with Gasteiger partial charge in [-0.3, -0.25) is 0 Å². The van der Waals surface area contributed by atoms with Crippen LogP contribution in [0.15, 0.2) is 29.2 Å². The first kappa shape index (κ1) is 14.8. The van der Waals surface area contributed by atoms with Crippen molar-refractivity contribution in [2.45, 2.75) is 31.4 Å². The molecule has 0 unspecified atom stereocenters. The van der Waals surface area contributed by atoms with E-state index in [1.807, 2.05) is 0 Å². The summed E-state index contributed by atoms with van der Waals surface area (Å²) in [6.45, 7) is 6.29. The lowest BCUT2D eigenvalue weighted by Gasteiger charge is -2.05. The summed E-state index contributed by atoms with van der Waals surface area (Å²) in [7, 11) is 0. The summed E-state index contributed by atoms with van der Waals surface area (Å²) in [4.78, 5) is 12.6. The quantitative estimate of drug-likeness (QED) is 0.463. The average molecular weight is 335 g/mol. The molecular formula is C16H15ClN2S2. The fourth-order valence-electron chi connectivity index (χ4n) is 2.17. The van der Waals surface area contributed by atoms with E-state index in [-0.39, 0.29) is 0 Å². The molecule has 0 fully saturated rings. The molecule has 0 saturated carbocycles. The van der Waals surface area contributed by atoms with E-state index in [9.17, 15) is 0 Å². The number of aromatic nitrogens is 2. The summed E-state index contributed by atoms with van der Waals surface area (Å²) >= 11 is 9.78. The van der Waals surface area contributed by atoms with E-state index >= 15 is 0 Å². The number of halogens is 1. The maximum absolute atomic E-state index is 6.34. The number of thiophene rings is 1. The molecule has 3 rings (SSSR count). The molecule has 0 amide bonds. The Balaban J connectivity index is 1.90. The van der Waals surface area contributed by atoms with Gasteiger partial charge in [-0.1, -0.05) is 29.8 Å². The number of thioether (sulfide) groups is 1. The molecule has 0 radical (unpaired) electrons. The molecule has 0 spiro atoms. The first-order valence-electron chi connectivity index (χ1n) is 6.67. The van der Waals surface area contributed by atoms with Crippen molar-refractivity contribution in [3.05, 3.63) is 51.2 Å². The van der Waals surface area contributed by atoms with Crippen molar-refractivity contribution in [3.8, 4) is 0 Å². The molecule has 0 aliphatic heterocycles. The maximum Gasteiger partial charge on any atom is 0.142 e. The molecule has 2 heterocycles. The van der Waals surface area contributed by atoms with Crippen molar-refractivity contribution < 1.29 is 0 Å². The summed E-state index contributed by atoms with van der Waals surface area (Å²) in [5, 5.41) is 1.58. The van der Waals surface area contributed by atoms with Crippen molar-refractivity contribution in [3.63, 3.8) is 0 Å². The van der Waals surface area contributed by atoms with Crippen LogP contribution in [0.5, 0.6) is 0 Å². The number of benzene rings is 1. The number of hydrogen-bond acceptors (Lipinski definition) is 4. The second-order valence-corrected chi connectivity index (χ2v) is 7.53. The second-order valence-electron chi connectivity index (χ2n) is 4.95. The zero-order valence-electron chi connectivity index (χ0n) is 12.1. The molecule has 0 bridgehead atoms. The number of aryl methyl sites for hydroxylation is 3. The highest BCUT2D eigenvalue weighted by Crippen LogP contribution is 2.34. The van der Waals surface area contributed by atoms with Gasteiger partial charge in [0.1, 0.15) is 15.8 Å². The van der Waals surface area contributed by atoms with Crippen LogP contribution >= 0.6 is 34.7 Å². The molecule has 0 aliphatic rings. The minimum atomic E-state index is 0.572. The SMILES string of the molecule is Cc1ccccc1SCc1nc(Cl)c2c(C)c(C)sc2n1. The van der Waals surface area contributed by atoms with Gasteiger partial charge in [-0.2, -0.15) is 0 Å². The van der Waals surface area contributed by atoms with Crippen molar-refractivity contribution in [2.75, 3.05) is 0 Å². The van der Waals surface area contributed by atoms with E-state index < -0.39 is 0 Å². The van der Waals surface area contributed by atoms with Gasteiger partial charge in [0.25, 0.3) is 0 Å². The Kier molecular flexibility index (Phi) is 4.20. The highest BCUT2D eigenvalue weighted by atomic mass is 35.5. The normalized spacial score (nSPS) is 11.2. The number of rotatable bonds is 3. The Hall–Kier alpha value is -1.10. The van der Waals surface area contributed by atoms with Gasteiger partial charge in [-0.05, 0) is 38.0 Å². The van der Waals surface area contributed by atoms with Crippen LogP contribution in [0.25, 0.3) is 10.2 Å². The Morgan fingerprint density at radius 3 is 2.67 bits per heavy atom. The summed E-state index contributed by atoms with van der Waals surface area (Å²) in [5.41, 5.74) is 2.47. The molecule has 0 saturated heterocycles. The fraction of sp³-hybridized carbons (Fsp3) is 0.250. The molecular weight excluding hydrogens is 320 g/mol. The topological polar surface area (TPSA) is 25.8 Å². The summed E-state index contributed by atoms with van der Waals surface area (Å²) < 4.78 is 0. The van der Waals surface area contributed by atoms with E-state index in [0.29, 0.717) is 5.15 Å². The van der Waals surface area contributed by atoms with Crippen LogP contribution in [-0.2, 0) is 5.75 Å². The lowest BCUT2D eigenvalue weighted by Crippen LogP contribution is -1.94. The van der Waals surface area contributed by atoms with Crippen molar-refractivity contribution in [1.82, 2.24) is 9.97 Å². The van der Waals surface area contributed by atoms with Gasteiger partial charge in [0, 0.05) is 9.77 Å². The minimum Gasteiger partial charge on any atom is -0.221 e. The fourth-order valence-corrected chi connectivity index (χ4v) is 4.48. The van der Waals surface area contributed by atoms with Gasteiger partial charge >= 0.3 is 0 Å². The summed E-state index contributed by atoms with van der Waals surface area (Å²) in [5.74, 6) is 1.53. The van der Waals surface area contributed by atoms with Crippen LogP contribution in [0, 0.1) is 20.8 Å². The molecule has 0 aliphatic carbocycles. The third-order valence-electron chi connectivity index (χ3n) is 3.48. The predicted octanol–water partition coefficient (Wildman–Crippen LogP) is 5.56.